The number of benzene rings is 3. The lowest BCUT2D eigenvalue weighted by Gasteiger charge is -2.27. The molecule has 0 aromatic heterocycles. The first-order chi connectivity index (χ1) is 14.5. The van der Waals surface area contributed by atoms with Crippen LogP contribution in [-0.4, -0.2) is 0 Å². The molecule has 0 N–H and O–H groups in total. The van der Waals surface area contributed by atoms with Crippen LogP contribution in [0.5, 0.6) is 0 Å². The standard InChI is InChI=1S/C27H25F3/c1-18-7-11-22(25(28)17-18)14-10-19-8-12-21(13-9-19)24-16-15-23(26(29)27(24)30)20-5-3-2-4-6-20/h2-7,10-11,14-17,19,21H,8-9,12-13H2,1H3. The van der Waals surface area contributed by atoms with Crippen molar-refractivity contribution in [3.8, 4) is 11.1 Å². The van der Waals surface area contributed by atoms with Crippen LogP contribution in [0.4, 0.5) is 13.2 Å². The Labute approximate surface area is 176 Å². The van der Waals surface area contributed by atoms with Gasteiger partial charge < -0.3 is 0 Å². The first-order valence-corrected chi connectivity index (χ1v) is 10.5. The summed E-state index contributed by atoms with van der Waals surface area (Å²) < 4.78 is 43.6. The lowest BCUT2D eigenvalue weighted by molar-refractivity contribution is 0.365. The van der Waals surface area contributed by atoms with Gasteiger partial charge in [0.15, 0.2) is 11.6 Å². The molecule has 0 bridgehead atoms. The maximum Gasteiger partial charge on any atom is 0.166 e. The van der Waals surface area contributed by atoms with Gasteiger partial charge in [-0.3, -0.25) is 0 Å². The van der Waals surface area contributed by atoms with Crippen LogP contribution in [0.15, 0.2) is 66.7 Å². The van der Waals surface area contributed by atoms with Gasteiger partial charge in [-0.15, -0.1) is 0 Å². The van der Waals surface area contributed by atoms with Crippen LogP contribution >= 0.6 is 0 Å². The monoisotopic (exact) mass is 406 g/mol. The molecule has 4 rings (SSSR count). The predicted molar refractivity (Wildman–Crippen MR) is 117 cm³/mol. The zero-order chi connectivity index (χ0) is 21.1. The topological polar surface area (TPSA) is 0 Å². The number of hydrogen-bond donors (Lipinski definition) is 0. The molecule has 0 aliphatic heterocycles. The largest absolute Gasteiger partial charge is 0.206 e. The molecule has 0 atom stereocenters. The van der Waals surface area contributed by atoms with E-state index in [1.165, 1.54) is 6.07 Å². The van der Waals surface area contributed by atoms with Gasteiger partial charge in [0, 0.05) is 11.1 Å². The third-order valence-electron chi connectivity index (χ3n) is 6.11. The Morgan fingerprint density at radius 1 is 0.800 bits per heavy atom. The summed E-state index contributed by atoms with van der Waals surface area (Å²) in [5.74, 6) is -1.35. The second-order valence-electron chi connectivity index (χ2n) is 8.19. The first kappa shape index (κ1) is 20.5. The second-order valence-corrected chi connectivity index (χ2v) is 8.19. The van der Waals surface area contributed by atoms with Gasteiger partial charge in [0.25, 0.3) is 0 Å². The molecular weight excluding hydrogens is 381 g/mol. The number of aryl methyl sites for hydroxylation is 1. The molecule has 3 aromatic carbocycles. The van der Waals surface area contributed by atoms with Crippen molar-refractivity contribution in [1.82, 2.24) is 0 Å². The van der Waals surface area contributed by atoms with Gasteiger partial charge in [0.1, 0.15) is 5.82 Å². The van der Waals surface area contributed by atoms with Crippen molar-refractivity contribution >= 4 is 6.08 Å². The van der Waals surface area contributed by atoms with Crippen LogP contribution in [0.3, 0.4) is 0 Å². The van der Waals surface area contributed by atoms with Gasteiger partial charge in [-0.2, -0.15) is 0 Å². The van der Waals surface area contributed by atoms with E-state index in [1.807, 2.05) is 37.3 Å². The number of halogens is 3. The smallest absolute Gasteiger partial charge is 0.166 e. The van der Waals surface area contributed by atoms with Gasteiger partial charge in [0.2, 0.25) is 0 Å². The molecule has 1 aliphatic carbocycles. The van der Waals surface area contributed by atoms with Gasteiger partial charge in [-0.1, -0.05) is 66.7 Å². The molecule has 3 aromatic rings. The molecule has 1 saturated carbocycles. The summed E-state index contributed by atoms with van der Waals surface area (Å²) in [6.45, 7) is 1.87. The van der Waals surface area contributed by atoms with Gasteiger partial charge in [-0.25, -0.2) is 13.2 Å². The highest BCUT2D eigenvalue weighted by Crippen LogP contribution is 2.39. The van der Waals surface area contributed by atoms with Crippen molar-refractivity contribution in [2.24, 2.45) is 5.92 Å². The summed E-state index contributed by atoms with van der Waals surface area (Å²) in [5, 5.41) is 0. The van der Waals surface area contributed by atoms with Crippen molar-refractivity contribution in [2.45, 2.75) is 38.5 Å². The van der Waals surface area contributed by atoms with Crippen molar-refractivity contribution in [3.05, 3.63) is 101 Å². The normalized spacial score (nSPS) is 19.3. The first-order valence-electron chi connectivity index (χ1n) is 10.5. The van der Waals surface area contributed by atoms with Crippen LogP contribution < -0.4 is 0 Å². The molecule has 30 heavy (non-hydrogen) atoms. The average molecular weight is 406 g/mol. The van der Waals surface area contributed by atoms with Crippen molar-refractivity contribution in [3.63, 3.8) is 0 Å². The molecule has 0 nitrogen and oxygen atoms in total. The van der Waals surface area contributed by atoms with E-state index in [0.29, 0.717) is 28.2 Å². The molecule has 1 aliphatic rings. The molecule has 3 heteroatoms. The highest BCUT2D eigenvalue weighted by molar-refractivity contribution is 5.64. The summed E-state index contributed by atoms with van der Waals surface area (Å²) >= 11 is 0. The Morgan fingerprint density at radius 2 is 1.53 bits per heavy atom. The zero-order valence-electron chi connectivity index (χ0n) is 17.0. The summed E-state index contributed by atoms with van der Waals surface area (Å²) in [7, 11) is 0. The predicted octanol–water partition coefficient (Wildman–Crippen LogP) is 8.07. The third kappa shape index (κ3) is 4.35. The molecule has 154 valence electrons. The summed E-state index contributed by atoms with van der Waals surface area (Å²) in [5.41, 5.74) is 2.94. The van der Waals surface area contributed by atoms with Gasteiger partial charge >= 0.3 is 0 Å². The van der Waals surface area contributed by atoms with E-state index >= 15 is 0 Å². The Hall–Kier alpha value is -2.81. The van der Waals surface area contributed by atoms with E-state index in [0.717, 1.165) is 31.2 Å². The quantitative estimate of drug-likeness (QED) is 0.411. The van der Waals surface area contributed by atoms with Crippen LogP contribution in [-0.2, 0) is 0 Å². The van der Waals surface area contributed by atoms with Crippen LogP contribution in [0.25, 0.3) is 17.2 Å². The summed E-state index contributed by atoms with van der Waals surface area (Å²) in [4.78, 5) is 0. The highest BCUT2D eigenvalue weighted by atomic mass is 19.2. The molecule has 0 amide bonds. The fourth-order valence-electron chi connectivity index (χ4n) is 4.35. The minimum absolute atomic E-state index is 0.0186. The van der Waals surface area contributed by atoms with E-state index in [2.05, 4.69) is 6.08 Å². The fourth-order valence-corrected chi connectivity index (χ4v) is 4.35. The van der Waals surface area contributed by atoms with Crippen LogP contribution in [0, 0.1) is 30.3 Å². The van der Waals surface area contributed by atoms with Gasteiger partial charge in [0.05, 0.1) is 0 Å². The van der Waals surface area contributed by atoms with E-state index in [1.54, 1.807) is 30.3 Å². The zero-order valence-corrected chi connectivity index (χ0v) is 17.0. The maximum atomic E-state index is 14.8. The molecule has 0 unspecified atom stereocenters. The average Bonchev–Trinajstić information content (AvgIpc) is 2.76. The van der Waals surface area contributed by atoms with Gasteiger partial charge in [-0.05, 0) is 67.2 Å². The second kappa shape index (κ2) is 8.91. The minimum Gasteiger partial charge on any atom is -0.206 e. The SMILES string of the molecule is Cc1ccc(C=CC2CCC(c3ccc(-c4ccccc4)c(F)c3F)CC2)c(F)c1. The van der Waals surface area contributed by atoms with E-state index < -0.39 is 11.6 Å². The maximum absolute atomic E-state index is 14.8. The van der Waals surface area contributed by atoms with Crippen LogP contribution in [0.1, 0.15) is 48.3 Å². The summed E-state index contributed by atoms with van der Waals surface area (Å²) in [6.07, 6.45) is 7.26. The Kier molecular flexibility index (Phi) is 6.08. The molecule has 0 saturated heterocycles. The Balaban J connectivity index is 1.44. The van der Waals surface area contributed by atoms with E-state index in [4.69, 9.17) is 0 Å². The van der Waals surface area contributed by atoms with Crippen molar-refractivity contribution < 1.29 is 13.2 Å². The third-order valence-corrected chi connectivity index (χ3v) is 6.11. The molecule has 0 spiro atoms. The lowest BCUT2D eigenvalue weighted by Crippen LogP contribution is -2.13. The lowest BCUT2D eigenvalue weighted by atomic mass is 9.78. The molecule has 0 heterocycles. The Bertz CT molecular complexity index is 1050. The van der Waals surface area contributed by atoms with E-state index in [9.17, 15) is 13.2 Å². The number of allylic oxidation sites excluding steroid dienone is 1. The van der Waals surface area contributed by atoms with Crippen molar-refractivity contribution in [2.75, 3.05) is 0 Å². The van der Waals surface area contributed by atoms with E-state index in [-0.39, 0.29) is 11.7 Å². The molecule has 1 fully saturated rings. The van der Waals surface area contributed by atoms with Crippen molar-refractivity contribution in [1.29, 1.82) is 0 Å². The molecular formula is C27H25F3. The number of rotatable bonds is 4. The minimum atomic E-state index is -0.768. The number of hydrogen-bond acceptors (Lipinski definition) is 0. The highest BCUT2D eigenvalue weighted by Gasteiger charge is 2.25. The molecule has 0 radical (unpaired) electrons. The summed E-state index contributed by atoms with van der Waals surface area (Å²) in [6, 6.07) is 17.7. The fraction of sp³-hybridized carbons (Fsp3) is 0.259. The van der Waals surface area contributed by atoms with Crippen LogP contribution in [0.2, 0.25) is 0 Å². The Morgan fingerprint density at radius 3 is 2.23 bits per heavy atom.